The van der Waals surface area contributed by atoms with Gasteiger partial charge in [0.1, 0.15) is 42.3 Å². The molecule has 37 heteroatoms. The molecule has 33 N–H and O–H groups in total. The maximum Gasteiger partial charge on any atom is 0.243 e. The second-order valence-corrected chi connectivity index (χ2v) is 23.4. The van der Waals surface area contributed by atoms with Crippen molar-refractivity contribution in [1.29, 1.82) is 0 Å². The van der Waals surface area contributed by atoms with Crippen molar-refractivity contribution in [2.24, 2.45) is 57.3 Å². The number of amides is 14. The van der Waals surface area contributed by atoms with Gasteiger partial charge in [0, 0.05) is 0 Å². The van der Waals surface area contributed by atoms with Crippen LogP contribution in [0.3, 0.4) is 0 Å². The highest BCUT2D eigenvalue weighted by molar-refractivity contribution is 5.98. The number of nitrogens with one attached hydrogen (secondary N) is 13. The first kappa shape index (κ1) is 89.2. The van der Waals surface area contributed by atoms with Gasteiger partial charge < -0.3 is 126 Å². The lowest BCUT2D eigenvalue weighted by atomic mass is 10.1. The van der Waals surface area contributed by atoms with E-state index in [1.807, 2.05) is 0 Å². The quantitative estimate of drug-likeness (QED) is 0.0252. The van der Waals surface area contributed by atoms with E-state index >= 15 is 0 Å². The van der Waals surface area contributed by atoms with Crippen molar-refractivity contribution in [3.05, 3.63) is 0 Å². The van der Waals surface area contributed by atoms with E-state index in [-0.39, 0.29) is 71.1 Å². The number of carbonyl (C=O) groups is 14. The Morgan fingerprint density at radius 1 is 0.216 bits per heavy atom. The van der Waals surface area contributed by atoms with Gasteiger partial charge in [0.15, 0.2) is 0 Å². The fourth-order valence-electron chi connectivity index (χ4n) is 9.48. The van der Waals surface area contributed by atoms with Crippen LogP contribution in [0.4, 0.5) is 0 Å². The van der Waals surface area contributed by atoms with Crippen LogP contribution in [0.5, 0.6) is 0 Å². The minimum Gasteiger partial charge on any atom is -0.368 e. The molecule has 556 valence electrons. The second kappa shape index (κ2) is 56.3. The van der Waals surface area contributed by atoms with Crippen LogP contribution >= 0.6 is 0 Å². The normalized spacial score (nSPS) is 13.4. The van der Waals surface area contributed by atoms with E-state index in [1.54, 1.807) is 0 Å². The van der Waals surface area contributed by atoms with E-state index in [9.17, 15) is 67.1 Å². The van der Waals surface area contributed by atoms with Crippen molar-refractivity contribution in [2.45, 2.75) is 202 Å². The lowest BCUT2D eigenvalue weighted by Gasteiger charge is -2.24. The summed E-state index contributed by atoms with van der Waals surface area (Å²) in [4.78, 5) is 185. The summed E-state index contributed by atoms with van der Waals surface area (Å²) in [5, 5.41) is 32.6. The average molecular weight is 1380 g/mol. The Kier molecular flexibility index (Phi) is 51.7. The molecule has 37 nitrogen and oxygen atoms in total. The summed E-state index contributed by atoms with van der Waals surface area (Å²) in [7, 11) is 0. The largest absolute Gasteiger partial charge is 0.368 e. The first-order chi connectivity index (χ1) is 46.4. The van der Waals surface area contributed by atoms with E-state index in [0.717, 1.165) is 0 Å². The molecule has 0 rings (SSSR count). The van der Waals surface area contributed by atoms with Crippen molar-refractivity contribution in [3.8, 4) is 0 Å². The molecule has 0 aromatic carbocycles. The van der Waals surface area contributed by atoms with Gasteiger partial charge in [0.25, 0.3) is 0 Å². The van der Waals surface area contributed by atoms with Crippen LogP contribution in [0.15, 0.2) is 0 Å². The molecule has 0 aliphatic rings. The van der Waals surface area contributed by atoms with Gasteiger partial charge in [-0.2, -0.15) is 0 Å². The highest BCUT2D eigenvalue weighted by atomic mass is 16.2. The highest BCUT2D eigenvalue weighted by Crippen LogP contribution is 2.09. The van der Waals surface area contributed by atoms with Crippen LogP contribution in [0.1, 0.15) is 154 Å². The summed E-state index contributed by atoms with van der Waals surface area (Å²) in [6.07, 6.45) is 8.63. The summed E-state index contributed by atoms with van der Waals surface area (Å²) in [5.41, 5.74) is 56.5. The summed E-state index contributed by atoms with van der Waals surface area (Å²) in [6, 6.07) is -9.11. The third-order valence-electron chi connectivity index (χ3n) is 15.0. The van der Waals surface area contributed by atoms with Gasteiger partial charge in [-0.15, -0.1) is 0 Å². The standard InChI is InChI=1S/C60H117N23O14/c61-25-9-1-17-39(69)54(91)71-33-48(85)78-41(19-3-11-27-63)56(93)73-35-50(87)80-44(22-6-14-30-66)58(95)75-38-52(89)82-46(24-8-16-32-68)60(97)83-45(23-7-15-31-67)59(96)76-37-51(88)81-43(21-5-13-29-65)57(94)74-36-49(86)79-42(20-4-12-28-64)55(92)72-34-47(84)77-40(53(70)90)18-2-10-26-62/h39-46H,1-38,61-69H2,(H2,70,90)(H,71,91)(H,72,92)(H,73,93)(H,74,94)(H,75,95)(H,76,96)(H,77,84)(H,78,85)(H,79,86)(H,80,87)(H,81,88)(H,82,89)(H,83,97)/t39-,40-,41-,42-,43-,44-,45-,46-/m0/s1. The minimum atomic E-state index is -1.27. The van der Waals surface area contributed by atoms with Crippen LogP contribution in [0.2, 0.25) is 0 Å². The van der Waals surface area contributed by atoms with Crippen LogP contribution in [-0.4, -0.2) is 223 Å². The molecular weight excluding hydrogens is 1270 g/mol. The van der Waals surface area contributed by atoms with Crippen molar-refractivity contribution >= 4 is 82.7 Å². The summed E-state index contributed by atoms with van der Waals surface area (Å²) < 4.78 is 0. The molecule has 0 radical (unpaired) electrons. The molecule has 0 fully saturated rings. The smallest absolute Gasteiger partial charge is 0.243 e. The molecule has 0 aliphatic carbocycles. The Bertz CT molecular complexity index is 2400. The van der Waals surface area contributed by atoms with Crippen LogP contribution in [-0.2, 0) is 67.1 Å². The molecule has 97 heavy (non-hydrogen) atoms. The molecule has 0 aromatic rings. The predicted octanol–water partition coefficient (Wildman–Crippen LogP) is -9.08. The van der Waals surface area contributed by atoms with Crippen molar-refractivity contribution < 1.29 is 67.1 Å². The molecule has 0 aliphatic heterocycles. The van der Waals surface area contributed by atoms with Crippen molar-refractivity contribution in [3.63, 3.8) is 0 Å². The number of hydrogen-bond donors (Lipinski definition) is 23. The molecule has 0 bridgehead atoms. The molecule has 0 saturated carbocycles. The first-order valence-electron chi connectivity index (χ1n) is 33.8. The SMILES string of the molecule is NCCCC[C@H](NC(=O)CNC(=O)[C@H](CCCCN)NC(=O)CNC(=O)[C@H](CCCCN)NC(=O)CNC(=O)[C@H](CCCCN)NC(=O)[C@H](CCCCN)NC(=O)CNC(=O)[C@H](CCCCN)NC(=O)CNC(=O)[C@H](CCCCN)NC(=O)CNC(=O)[C@@H](N)CCCCN)C(N)=O. The molecule has 0 aromatic heterocycles. The van der Waals surface area contributed by atoms with E-state index in [0.29, 0.717) is 135 Å². The fraction of sp³-hybridized carbons (Fsp3) is 0.767. The number of primary amides is 1. The van der Waals surface area contributed by atoms with Crippen LogP contribution in [0.25, 0.3) is 0 Å². The van der Waals surface area contributed by atoms with Gasteiger partial charge in [-0.05, 0) is 200 Å². The number of rotatable bonds is 59. The minimum absolute atomic E-state index is 0.0425. The molecule has 0 unspecified atom stereocenters. The maximum absolute atomic E-state index is 14.0. The van der Waals surface area contributed by atoms with Crippen LogP contribution < -0.4 is 126 Å². The van der Waals surface area contributed by atoms with Gasteiger partial charge in [-0.25, -0.2) is 0 Å². The third-order valence-corrected chi connectivity index (χ3v) is 15.0. The Morgan fingerprint density at radius 2 is 0.392 bits per heavy atom. The van der Waals surface area contributed by atoms with Crippen LogP contribution in [0, 0.1) is 0 Å². The lowest BCUT2D eigenvalue weighted by molar-refractivity contribution is -0.134. The Balaban J connectivity index is 6.01. The van der Waals surface area contributed by atoms with Gasteiger partial charge in [0.05, 0.1) is 45.3 Å². The van der Waals surface area contributed by atoms with Gasteiger partial charge in [-0.1, -0.05) is 6.42 Å². The Labute approximate surface area is 568 Å². The third kappa shape index (κ3) is 43.9. The topological polar surface area (TPSA) is 656 Å². The van der Waals surface area contributed by atoms with Crippen molar-refractivity contribution in [2.75, 3.05) is 91.6 Å². The molecule has 0 spiro atoms. The zero-order valence-corrected chi connectivity index (χ0v) is 56.5. The number of unbranched alkanes of at least 4 members (excludes halogenated alkanes) is 8. The van der Waals surface area contributed by atoms with E-state index in [1.165, 1.54) is 0 Å². The Hall–Kier alpha value is -7.78. The second-order valence-electron chi connectivity index (χ2n) is 23.4. The Morgan fingerprint density at radius 3 is 0.608 bits per heavy atom. The van der Waals surface area contributed by atoms with Crippen molar-refractivity contribution in [1.82, 2.24) is 69.1 Å². The summed E-state index contributed by atoms with van der Waals surface area (Å²) in [5.74, 6) is -10.5. The molecule has 0 saturated heterocycles. The summed E-state index contributed by atoms with van der Waals surface area (Å²) >= 11 is 0. The van der Waals surface area contributed by atoms with E-state index in [4.69, 9.17) is 57.3 Å². The summed E-state index contributed by atoms with van der Waals surface area (Å²) in [6.45, 7) is -1.17. The monoisotopic (exact) mass is 1380 g/mol. The first-order valence-corrected chi connectivity index (χ1v) is 33.8. The van der Waals surface area contributed by atoms with E-state index in [2.05, 4.69) is 69.1 Å². The maximum atomic E-state index is 14.0. The number of carbonyl (C=O) groups excluding carboxylic acids is 14. The number of hydrogen-bond acceptors (Lipinski definition) is 23. The molecule has 8 atom stereocenters. The molecule has 0 heterocycles. The zero-order valence-electron chi connectivity index (χ0n) is 56.5. The number of nitrogens with two attached hydrogens (primary N) is 10. The average Bonchev–Trinajstić information content (AvgIpc) is 1.15. The zero-order chi connectivity index (χ0) is 72.8. The van der Waals surface area contributed by atoms with Gasteiger partial charge in [0.2, 0.25) is 82.7 Å². The fourth-order valence-corrected chi connectivity index (χ4v) is 9.48. The molecular formula is C60H117N23O14. The van der Waals surface area contributed by atoms with Gasteiger partial charge >= 0.3 is 0 Å². The highest BCUT2D eigenvalue weighted by Gasteiger charge is 2.31. The van der Waals surface area contributed by atoms with E-state index < -0.39 is 170 Å². The lowest BCUT2D eigenvalue weighted by Crippen LogP contribution is -2.56. The predicted molar refractivity (Wildman–Crippen MR) is 362 cm³/mol. The molecule has 14 amide bonds. The van der Waals surface area contributed by atoms with Gasteiger partial charge in [-0.3, -0.25) is 67.1 Å².